The molecule has 0 aromatic heterocycles. The molecule has 5 nitrogen and oxygen atoms in total. The van der Waals surface area contributed by atoms with E-state index in [1.165, 1.54) is 19.2 Å². The van der Waals surface area contributed by atoms with Gasteiger partial charge in [0, 0.05) is 10.6 Å². The zero-order valence-electron chi connectivity index (χ0n) is 12.8. The highest BCUT2D eigenvalue weighted by molar-refractivity contribution is 6.30. The van der Waals surface area contributed by atoms with Gasteiger partial charge in [-0.25, -0.2) is 4.39 Å². The van der Waals surface area contributed by atoms with E-state index in [4.69, 9.17) is 21.1 Å². The third-order valence-corrected chi connectivity index (χ3v) is 3.37. The third kappa shape index (κ3) is 4.96. The van der Waals surface area contributed by atoms with Crippen LogP contribution in [0.5, 0.6) is 5.75 Å². The molecule has 24 heavy (non-hydrogen) atoms. The van der Waals surface area contributed by atoms with Gasteiger partial charge in [0.25, 0.3) is 5.91 Å². The minimum Gasteiger partial charge on any atom is -0.494 e. The summed E-state index contributed by atoms with van der Waals surface area (Å²) in [6.45, 7) is -0.392. The van der Waals surface area contributed by atoms with Crippen molar-refractivity contribution in [2.24, 2.45) is 0 Å². The topological polar surface area (TPSA) is 64.6 Å². The van der Waals surface area contributed by atoms with E-state index in [-0.39, 0.29) is 18.9 Å². The van der Waals surface area contributed by atoms with E-state index in [0.29, 0.717) is 16.1 Å². The quantitative estimate of drug-likeness (QED) is 0.813. The highest BCUT2D eigenvalue weighted by Crippen LogP contribution is 2.18. The van der Waals surface area contributed by atoms with Gasteiger partial charge in [-0.1, -0.05) is 17.7 Å². The highest BCUT2D eigenvalue weighted by atomic mass is 35.5. The van der Waals surface area contributed by atoms with Crippen molar-refractivity contribution in [1.82, 2.24) is 5.32 Å². The normalized spacial score (nSPS) is 10.1. The van der Waals surface area contributed by atoms with E-state index in [2.05, 4.69) is 5.32 Å². The third-order valence-electron chi connectivity index (χ3n) is 3.12. The number of ether oxygens (including phenoxy) is 2. The van der Waals surface area contributed by atoms with Gasteiger partial charge in [0.05, 0.1) is 7.11 Å². The second-order valence-electron chi connectivity index (χ2n) is 4.82. The molecule has 7 heteroatoms. The number of rotatable bonds is 6. The minimum atomic E-state index is -0.631. The van der Waals surface area contributed by atoms with Crippen LogP contribution in [0.3, 0.4) is 0 Å². The monoisotopic (exact) mass is 351 g/mol. The molecule has 0 unspecified atom stereocenters. The second-order valence-corrected chi connectivity index (χ2v) is 5.26. The fraction of sp³-hybridized carbons (Fsp3) is 0.176. The number of methoxy groups -OCH3 is 1. The first-order chi connectivity index (χ1) is 11.5. The number of benzene rings is 2. The van der Waals surface area contributed by atoms with E-state index in [0.717, 1.165) is 0 Å². The van der Waals surface area contributed by atoms with Gasteiger partial charge in [0.15, 0.2) is 11.6 Å². The Kier molecular flexibility index (Phi) is 6.14. The number of halogens is 2. The van der Waals surface area contributed by atoms with Crippen LogP contribution in [-0.2, 0) is 16.1 Å². The first-order valence-corrected chi connectivity index (χ1v) is 7.39. The summed E-state index contributed by atoms with van der Waals surface area (Å²) in [6, 6.07) is 10.5. The maximum atomic E-state index is 13.5. The van der Waals surface area contributed by atoms with Crippen LogP contribution < -0.4 is 10.1 Å². The summed E-state index contributed by atoms with van der Waals surface area (Å²) < 4.78 is 23.3. The minimum absolute atomic E-state index is 0.101. The maximum absolute atomic E-state index is 13.5. The summed E-state index contributed by atoms with van der Waals surface area (Å²) in [6.07, 6.45) is 0. The molecule has 1 N–H and O–H groups in total. The zero-order valence-corrected chi connectivity index (χ0v) is 13.6. The number of hydrogen-bond acceptors (Lipinski definition) is 4. The molecule has 0 spiro atoms. The molecular weight excluding hydrogens is 337 g/mol. The van der Waals surface area contributed by atoms with Crippen LogP contribution in [-0.4, -0.2) is 25.5 Å². The van der Waals surface area contributed by atoms with Crippen LogP contribution in [0.1, 0.15) is 15.9 Å². The summed E-state index contributed by atoms with van der Waals surface area (Å²) in [7, 11) is 1.36. The van der Waals surface area contributed by atoms with Crippen LogP contribution in [0, 0.1) is 5.82 Å². The van der Waals surface area contributed by atoms with Gasteiger partial charge in [-0.05, 0) is 42.0 Å². The lowest BCUT2D eigenvalue weighted by Crippen LogP contribution is -2.30. The molecule has 0 fully saturated rings. The summed E-state index contributed by atoms with van der Waals surface area (Å²) in [4.78, 5) is 23.5. The summed E-state index contributed by atoms with van der Waals surface area (Å²) in [5, 5.41) is 2.95. The molecule has 2 aromatic carbocycles. The molecule has 0 radical (unpaired) electrons. The van der Waals surface area contributed by atoms with Crippen LogP contribution in [0.4, 0.5) is 4.39 Å². The molecule has 2 aromatic rings. The smallest absolute Gasteiger partial charge is 0.325 e. The standard InChI is InChI=1S/C17H15ClFNO4/c1-23-15-7-2-11(8-14(15)19)10-24-16(21)9-20-17(22)12-3-5-13(18)6-4-12/h2-8H,9-10H2,1H3,(H,20,22). The molecule has 0 aliphatic heterocycles. The van der Waals surface area contributed by atoms with E-state index in [9.17, 15) is 14.0 Å². The van der Waals surface area contributed by atoms with Crippen LogP contribution >= 0.6 is 11.6 Å². The van der Waals surface area contributed by atoms with Crippen molar-refractivity contribution in [1.29, 1.82) is 0 Å². The second kappa shape index (κ2) is 8.31. The molecule has 0 heterocycles. The Morgan fingerprint density at radius 2 is 1.88 bits per heavy atom. The van der Waals surface area contributed by atoms with E-state index >= 15 is 0 Å². The lowest BCUT2D eigenvalue weighted by Gasteiger charge is -2.08. The number of hydrogen-bond donors (Lipinski definition) is 1. The molecule has 1 amide bonds. The van der Waals surface area contributed by atoms with Crippen LogP contribution in [0.2, 0.25) is 5.02 Å². The molecule has 2 rings (SSSR count). The zero-order chi connectivity index (χ0) is 17.5. The predicted octanol–water partition coefficient (Wildman–Crippen LogP) is 2.96. The Morgan fingerprint density at radius 3 is 2.50 bits per heavy atom. The lowest BCUT2D eigenvalue weighted by atomic mass is 10.2. The summed E-state index contributed by atoms with van der Waals surface area (Å²) in [5.74, 6) is -1.48. The van der Waals surface area contributed by atoms with Crippen molar-refractivity contribution in [3.8, 4) is 5.75 Å². The average Bonchev–Trinajstić information content (AvgIpc) is 2.58. The van der Waals surface area contributed by atoms with Crippen molar-refractivity contribution in [3.05, 3.63) is 64.4 Å². The molecule has 0 aliphatic carbocycles. The lowest BCUT2D eigenvalue weighted by molar-refractivity contribution is -0.143. The van der Waals surface area contributed by atoms with Crippen molar-refractivity contribution in [3.63, 3.8) is 0 Å². The van der Waals surface area contributed by atoms with Crippen molar-refractivity contribution < 1.29 is 23.5 Å². The number of carbonyl (C=O) groups is 2. The summed E-state index contributed by atoms with van der Waals surface area (Å²) in [5.41, 5.74) is 0.857. The largest absolute Gasteiger partial charge is 0.494 e. The van der Waals surface area contributed by atoms with Gasteiger partial charge in [-0.15, -0.1) is 0 Å². The van der Waals surface area contributed by atoms with Crippen LogP contribution in [0.25, 0.3) is 0 Å². The first-order valence-electron chi connectivity index (χ1n) is 7.01. The van der Waals surface area contributed by atoms with Crippen molar-refractivity contribution in [2.75, 3.05) is 13.7 Å². The fourth-order valence-electron chi connectivity index (χ4n) is 1.87. The van der Waals surface area contributed by atoms with E-state index in [1.54, 1.807) is 30.3 Å². The fourth-order valence-corrected chi connectivity index (χ4v) is 2.00. The maximum Gasteiger partial charge on any atom is 0.325 e. The van der Waals surface area contributed by atoms with E-state index < -0.39 is 17.7 Å². The van der Waals surface area contributed by atoms with Gasteiger partial charge < -0.3 is 14.8 Å². The SMILES string of the molecule is COc1ccc(COC(=O)CNC(=O)c2ccc(Cl)cc2)cc1F. The number of esters is 1. The summed E-state index contributed by atoms with van der Waals surface area (Å²) >= 11 is 5.73. The van der Waals surface area contributed by atoms with Gasteiger partial charge in [-0.2, -0.15) is 0 Å². The molecule has 126 valence electrons. The number of amides is 1. The number of nitrogens with one attached hydrogen (secondary N) is 1. The van der Waals surface area contributed by atoms with Crippen LogP contribution in [0.15, 0.2) is 42.5 Å². The Morgan fingerprint density at radius 1 is 1.17 bits per heavy atom. The molecule has 0 aliphatic rings. The Hall–Kier alpha value is -2.60. The number of carbonyl (C=O) groups excluding carboxylic acids is 2. The molecule has 0 saturated carbocycles. The van der Waals surface area contributed by atoms with Gasteiger partial charge >= 0.3 is 5.97 Å². The van der Waals surface area contributed by atoms with Gasteiger partial charge in [0.1, 0.15) is 13.2 Å². The van der Waals surface area contributed by atoms with Crippen molar-refractivity contribution in [2.45, 2.75) is 6.61 Å². The predicted molar refractivity (Wildman–Crippen MR) is 86.5 cm³/mol. The van der Waals surface area contributed by atoms with Crippen molar-refractivity contribution >= 4 is 23.5 Å². The Balaban J connectivity index is 1.80. The molecular formula is C17H15ClFNO4. The molecule has 0 bridgehead atoms. The highest BCUT2D eigenvalue weighted by Gasteiger charge is 2.10. The van der Waals surface area contributed by atoms with Gasteiger partial charge in [-0.3, -0.25) is 9.59 Å². The average molecular weight is 352 g/mol. The molecule has 0 atom stereocenters. The Bertz CT molecular complexity index is 734. The Labute approximate surface area is 143 Å². The molecule has 0 saturated heterocycles. The van der Waals surface area contributed by atoms with E-state index in [1.807, 2.05) is 0 Å². The van der Waals surface area contributed by atoms with Gasteiger partial charge in [0.2, 0.25) is 0 Å². The first kappa shape index (κ1) is 17.7.